The topological polar surface area (TPSA) is 21.3 Å². The van der Waals surface area contributed by atoms with Crippen molar-refractivity contribution in [3.8, 4) is 0 Å². The zero-order valence-corrected chi connectivity index (χ0v) is 10.7. The molecule has 0 spiro atoms. The SMILES string of the molecule is CCC(CNC(C)C)OC(C)(C)CC. The first kappa shape index (κ1) is 13.9. The molecule has 0 saturated heterocycles. The van der Waals surface area contributed by atoms with E-state index in [9.17, 15) is 0 Å². The molecule has 0 amide bonds. The van der Waals surface area contributed by atoms with Crippen LogP contribution in [-0.2, 0) is 4.74 Å². The van der Waals surface area contributed by atoms with E-state index in [4.69, 9.17) is 4.74 Å². The lowest BCUT2D eigenvalue weighted by Gasteiger charge is -2.30. The van der Waals surface area contributed by atoms with Gasteiger partial charge in [0.05, 0.1) is 11.7 Å². The summed E-state index contributed by atoms with van der Waals surface area (Å²) in [5, 5.41) is 3.42. The van der Waals surface area contributed by atoms with Gasteiger partial charge in [-0.1, -0.05) is 27.7 Å². The third kappa shape index (κ3) is 6.39. The van der Waals surface area contributed by atoms with E-state index in [1.165, 1.54) is 0 Å². The van der Waals surface area contributed by atoms with Crippen LogP contribution < -0.4 is 5.32 Å². The van der Waals surface area contributed by atoms with Crippen molar-refractivity contribution in [1.29, 1.82) is 0 Å². The molecule has 0 radical (unpaired) electrons. The van der Waals surface area contributed by atoms with Gasteiger partial charge >= 0.3 is 0 Å². The molecule has 0 aliphatic heterocycles. The maximum absolute atomic E-state index is 6.02. The van der Waals surface area contributed by atoms with Gasteiger partial charge in [0.2, 0.25) is 0 Å². The van der Waals surface area contributed by atoms with E-state index in [0.29, 0.717) is 12.1 Å². The highest BCUT2D eigenvalue weighted by atomic mass is 16.5. The smallest absolute Gasteiger partial charge is 0.0704 e. The fourth-order valence-corrected chi connectivity index (χ4v) is 1.17. The van der Waals surface area contributed by atoms with Crippen molar-refractivity contribution in [3.05, 3.63) is 0 Å². The number of rotatable bonds is 7. The lowest BCUT2D eigenvalue weighted by atomic mass is 10.1. The molecule has 0 fully saturated rings. The maximum Gasteiger partial charge on any atom is 0.0704 e. The highest BCUT2D eigenvalue weighted by Crippen LogP contribution is 2.17. The first-order chi connectivity index (χ1) is 6.41. The normalized spacial score (nSPS) is 14.8. The van der Waals surface area contributed by atoms with E-state index in [0.717, 1.165) is 19.4 Å². The molecule has 0 aromatic rings. The molecule has 0 rings (SSSR count). The molecule has 1 unspecified atom stereocenters. The van der Waals surface area contributed by atoms with Gasteiger partial charge in [0.25, 0.3) is 0 Å². The summed E-state index contributed by atoms with van der Waals surface area (Å²) >= 11 is 0. The largest absolute Gasteiger partial charge is 0.371 e. The molecule has 1 atom stereocenters. The van der Waals surface area contributed by atoms with Gasteiger partial charge in [-0.15, -0.1) is 0 Å². The first-order valence-electron chi connectivity index (χ1n) is 5.82. The summed E-state index contributed by atoms with van der Waals surface area (Å²) in [6, 6.07) is 0.539. The fraction of sp³-hybridized carbons (Fsp3) is 1.00. The van der Waals surface area contributed by atoms with Crippen LogP contribution >= 0.6 is 0 Å². The van der Waals surface area contributed by atoms with Gasteiger partial charge in [0.15, 0.2) is 0 Å². The van der Waals surface area contributed by atoms with Crippen LogP contribution in [0, 0.1) is 0 Å². The van der Waals surface area contributed by atoms with Crippen molar-refractivity contribution in [2.45, 2.75) is 72.1 Å². The zero-order chi connectivity index (χ0) is 11.2. The fourth-order valence-electron chi connectivity index (χ4n) is 1.17. The predicted octanol–water partition coefficient (Wildman–Crippen LogP) is 2.97. The van der Waals surface area contributed by atoms with Gasteiger partial charge in [-0.3, -0.25) is 0 Å². The Morgan fingerprint density at radius 2 is 1.79 bits per heavy atom. The first-order valence-corrected chi connectivity index (χ1v) is 5.82. The average Bonchev–Trinajstić information content (AvgIpc) is 2.12. The molecular weight excluding hydrogens is 174 g/mol. The van der Waals surface area contributed by atoms with Crippen LogP contribution in [0.2, 0.25) is 0 Å². The van der Waals surface area contributed by atoms with Crippen LogP contribution in [0.5, 0.6) is 0 Å². The van der Waals surface area contributed by atoms with Crippen LogP contribution in [0.15, 0.2) is 0 Å². The molecule has 2 heteroatoms. The lowest BCUT2D eigenvalue weighted by Crippen LogP contribution is -2.38. The summed E-state index contributed by atoms with van der Waals surface area (Å²) in [4.78, 5) is 0. The third-order valence-electron chi connectivity index (χ3n) is 2.55. The van der Waals surface area contributed by atoms with Crippen LogP contribution in [0.25, 0.3) is 0 Å². The second kappa shape index (κ2) is 6.41. The summed E-state index contributed by atoms with van der Waals surface area (Å²) in [6.07, 6.45) is 2.47. The number of hydrogen-bond donors (Lipinski definition) is 1. The van der Waals surface area contributed by atoms with E-state index in [1.54, 1.807) is 0 Å². The molecule has 14 heavy (non-hydrogen) atoms. The summed E-state index contributed by atoms with van der Waals surface area (Å²) in [6.45, 7) is 13.9. The Morgan fingerprint density at radius 3 is 2.14 bits per heavy atom. The Bertz CT molecular complexity index is 143. The third-order valence-corrected chi connectivity index (χ3v) is 2.55. The van der Waals surface area contributed by atoms with Crippen molar-refractivity contribution in [1.82, 2.24) is 5.32 Å². The minimum atomic E-state index is 0.0132. The Morgan fingerprint density at radius 1 is 1.21 bits per heavy atom. The maximum atomic E-state index is 6.02. The summed E-state index contributed by atoms with van der Waals surface area (Å²) < 4.78 is 6.02. The average molecular weight is 201 g/mol. The van der Waals surface area contributed by atoms with Crippen LogP contribution in [-0.4, -0.2) is 24.3 Å². The van der Waals surface area contributed by atoms with Crippen molar-refractivity contribution in [2.24, 2.45) is 0 Å². The van der Waals surface area contributed by atoms with Crippen LogP contribution in [0.1, 0.15) is 54.4 Å². The van der Waals surface area contributed by atoms with Gasteiger partial charge in [0.1, 0.15) is 0 Å². The van der Waals surface area contributed by atoms with Crippen molar-refractivity contribution in [2.75, 3.05) is 6.54 Å². The van der Waals surface area contributed by atoms with Gasteiger partial charge in [-0.2, -0.15) is 0 Å². The van der Waals surface area contributed by atoms with Gasteiger partial charge in [-0.25, -0.2) is 0 Å². The zero-order valence-electron chi connectivity index (χ0n) is 10.7. The summed E-state index contributed by atoms with van der Waals surface area (Å²) in [5.74, 6) is 0. The van der Waals surface area contributed by atoms with Crippen molar-refractivity contribution >= 4 is 0 Å². The van der Waals surface area contributed by atoms with E-state index in [-0.39, 0.29) is 5.60 Å². The summed E-state index contributed by atoms with van der Waals surface area (Å²) in [7, 11) is 0. The minimum Gasteiger partial charge on any atom is -0.371 e. The molecule has 0 bridgehead atoms. The minimum absolute atomic E-state index is 0.0132. The monoisotopic (exact) mass is 201 g/mol. The number of ether oxygens (including phenoxy) is 1. The number of hydrogen-bond acceptors (Lipinski definition) is 2. The molecular formula is C12H27NO. The molecule has 0 aromatic carbocycles. The molecule has 2 nitrogen and oxygen atoms in total. The highest BCUT2D eigenvalue weighted by Gasteiger charge is 2.20. The van der Waals surface area contributed by atoms with Crippen LogP contribution in [0.4, 0.5) is 0 Å². The summed E-state index contributed by atoms with van der Waals surface area (Å²) in [5.41, 5.74) is 0.0132. The standard InChI is InChI=1S/C12H27NO/c1-7-11(9-13-10(3)4)14-12(5,6)8-2/h10-11,13H,7-9H2,1-6H3. The van der Waals surface area contributed by atoms with E-state index >= 15 is 0 Å². The number of nitrogens with one attached hydrogen (secondary N) is 1. The van der Waals surface area contributed by atoms with Crippen LogP contribution in [0.3, 0.4) is 0 Å². The van der Waals surface area contributed by atoms with Crippen molar-refractivity contribution < 1.29 is 4.74 Å². The van der Waals surface area contributed by atoms with Gasteiger partial charge in [0, 0.05) is 12.6 Å². The molecule has 1 N–H and O–H groups in total. The Kier molecular flexibility index (Phi) is 6.38. The Labute approximate surface area is 89.4 Å². The molecule has 0 aromatic heterocycles. The highest BCUT2D eigenvalue weighted by molar-refractivity contribution is 4.71. The predicted molar refractivity (Wildman–Crippen MR) is 62.7 cm³/mol. The lowest BCUT2D eigenvalue weighted by molar-refractivity contribution is -0.0737. The Balaban J connectivity index is 3.90. The van der Waals surface area contributed by atoms with E-state index < -0.39 is 0 Å². The van der Waals surface area contributed by atoms with Crippen molar-refractivity contribution in [3.63, 3.8) is 0 Å². The van der Waals surface area contributed by atoms with Gasteiger partial charge < -0.3 is 10.1 Å². The second-order valence-electron chi connectivity index (χ2n) is 4.82. The molecule has 0 aliphatic rings. The molecule has 86 valence electrons. The van der Waals surface area contributed by atoms with Gasteiger partial charge in [-0.05, 0) is 26.7 Å². The molecule has 0 heterocycles. The quantitative estimate of drug-likeness (QED) is 0.684. The van der Waals surface area contributed by atoms with E-state index in [2.05, 4.69) is 46.9 Å². The Hall–Kier alpha value is -0.0800. The van der Waals surface area contributed by atoms with E-state index in [1.807, 2.05) is 0 Å². The second-order valence-corrected chi connectivity index (χ2v) is 4.82. The molecule has 0 aliphatic carbocycles. The molecule has 0 saturated carbocycles.